The fraction of sp³-hybridized carbons (Fsp3) is 0.148. The number of ketones is 1. The minimum atomic E-state index is -0.975. The summed E-state index contributed by atoms with van der Waals surface area (Å²) < 4.78 is 20.1. The molecule has 2 aliphatic heterocycles. The molecule has 1 saturated heterocycles. The van der Waals surface area contributed by atoms with E-state index in [1.165, 1.54) is 23.1 Å². The molecule has 0 unspecified atom stereocenters. The molecule has 6 nitrogen and oxygen atoms in total. The van der Waals surface area contributed by atoms with E-state index in [0.29, 0.717) is 32.8 Å². The summed E-state index contributed by atoms with van der Waals surface area (Å²) in [5.41, 5.74) is 2.28. The van der Waals surface area contributed by atoms with E-state index in [9.17, 15) is 19.1 Å². The quantitative estimate of drug-likeness (QED) is 0.202. The number of thiazole rings is 1. The normalized spacial score (nSPS) is 20.7. The van der Waals surface area contributed by atoms with Gasteiger partial charge >= 0.3 is 5.91 Å². The topological polar surface area (TPSA) is 79.7 Å². The standard InChI is InChI=1S/C27H18ClFN2O4S/c1-13-9-16-10-15(5-8-20(16)35-13)24(32)22-23(14-3-2-4-17(28)11-14)31(26(34)25(22)33)27-30-19-7-6-18(29)12-21(19)36-27/h2-8,10-13,23,32H,9H2,1H3/t13-,23-/m0/s1. The first-order valence-corrected chi connectivity index (χ1v) is 12.4. The first-order chi connectivity index (χ1) is 17.3. The van der Waals surface area contributed by atoms with Crippen LogP contribution in [0.1, 0.15) is 29.7 Å². The van der Waals surface area contributed by atoms with Crippen LogP contribution in [0.2, 0.25) is 5.02 Å². The smallest absolute Gasteiger partial charge is 0.301 e. The van der Waals surface area contributed by atoms with Crippen molar-refractivity contribution in [2.45, 2.75) is 25.5 Å². The largest absolute Gasteiger partial charge is 0.507 e. The molecule has 1 N–H and O–H groups in total. The van der Waals surface area contributed by atoms with Gasteiger partial charge in [-0.05, 0) is 66.6 Å². The lowest BCUT2D eigenvalue weighted by molar-refractivity contribution is -0.132. The van der Waals surface area contributed by atoms with Crippen LogP contribution in [0.5, 0.6) is 5.75 Å². The van der Waals surface area contributed by atoms with E-state index in [1.807, 2.05) is 6.92 Å². The average molecular weight is 521 g/mol. The molecule has 9 heteroatoms. The van der Waals surface area contributed by atoms with Gasteiger partial charge in [0.25, 0.3) is 5.78 Å². The highest BCUT2D eigenvalue weighted by Crippen LogP contribution is 2.45. The van der Waals surface area contributed by atoms with Crippen LogP contribution in [0.25, 0.3) is 16.0 Å². The molecule has 3 heterocycles. The predicted molar refractivity (Wildman–Crippen MR) is 136 cm³/mol. The molecule has 6 rings (SSSR count). The lowest BCUT2D eigenvalue weighted by Crippen LogP contribution is -2.29. The highest BCUT2D eigenvalue weighted by molar-refractivity contribution is 7.22. The Hall–Kier alpha value is -3.75. The molecule has 0 bridgehead atoms. The third-order valence-corrected chi connectivity index (χ3v) is 7.58. The van der Waals surface area contributed by atoms with Crippen LogP contribution in [-0.2, 0) is 16.0 Å². The third-order valence-electron chi connectivity index (χ3n) is 6.32. The van der Waals surface area contributed by atoms with E-state index in [2.05, 4.69) is 4.98 Å². The molecule has 3 aromatic carbocycles. The van der Waals surface area contributed by atoms with E-state index in [-0.39, 0.29) is 22.6 Å². The highest BCUT2D eigenvalue weighted by atomic mass is 35.5. The summed E-state index contributed by atoms with van der Waals surface area (Å²) >= 11 is 7.35. The van der Waals surface area contributed by atoms with Gasteiger partial charge in [0.2, 0.25) is 0 Å². The van der Waals surface area contributed by atoms with Crippen molar-refractivity contribution >= 4 is 55.7 Å². The Kier molecular flexibility index (Phi) is 5.31. The van der Waals surface area contributed by atoms with E-state index < -0.39 is 23.5 Å². The monoisotopic (exact) mass is 520 g/mol. The molecule has 4 aromatic rings. The van der Waals surface area contributed by atoms with Gasteiger partial charge in [0.05, 0.1) is 21.8 Å². The minimum absolute atomic E-state index is 0.0123. The number of amides is 1. The fourth-order valence-corrected chi connectivity index (χ4v) is 5.95. The number of hydrogen-bond acceptors (Lipinski definition) is 6. The van der Waals surface area contributed by atoms with Gasteiger partial charge in [-0.3, -0.25) is 14.5 Å². The summed E-state index contributed by atoms with van der Waals surface area (Å²) in [6.07, 6.45) is 0.684. The zero-order chi connectivity index (χ0) is 25.1. The molecule has 1 amide bonds. The maximum absolute atomic E-state index is 13.8. The van der Waals surface area contributed by atoms with Crippen molar-refractivity contribution in [3.05, 3.63) is 93.8 Å². The summed E-state index contributed by atoms with van der Waals surface area (Å²) in [6.45, 7) is 1.95. The van der Waals surface area contributed by atoms with Gasteiger partial charge < -0.3 is 9.84 Å². The first-order valence-electron chi connectivity index (χ1n) is 11.2. The predicted octanol–water partition coefficient (Wildman–Crippen LogP) is 6.04. The van der Waals surface area contributed by atoms with E-state index in [0.717, 1.165) is 22.6 Å². The van der Waals surface area contributed by atoms with Crippen LogP contribution in [0.4, 0.5) is 9.52 Å². The maximum atomic E-state index is 13.8. The molecule has 1 fully saturated rings. The lowest BCUT2D eigenvalue weighted by atomic mass is 9.94. The SMILES string of the molecule is C[C@H]1Cc2cc(C(O)=C3C(=O)C(=O)N(c4nc5ccc(F)cc5s4)[C@H]3c3cccc(Cl)c3)ccc2O1. The summed E-state index contributed by atoms with van der Waals surface area (Å²) in [5.74, 6) is -1.67. The van der Waals surface area contributed by atoms with Gasteiger partial charge in [0.1, 0.15) is 23.4 Å². The number of anilines is 1. The molecular formula is C27H18ClFN2O4S. The molecule has 2 atom stereocenters. The van der Waals surface area contributed by atoms with Gasteiger partial charge in [-0.15, -0.1) is 0 Å². The number of aliphatic hydroxyl groups is 1. The van der Waals surface area contributed by atoms with Crippen LogP contribution >= 0.6 is 22.9 Å². The second-order valence-electron chi connectivity index (χ2n) is 8.79. The Labute approximate surface area is 214 Å². The lowest BCUT2D eigenvalue weighted by Gasteiger charge is -2.23. The number of rotatable bonds is 3. The number of hydrogen-bond donors (Lipinski definition) is 1. The molecule has 0 aliphatic carbocycles. The van der Waals surface area contributed by atoms with Gasteiger partial charge in [0, 0.05) is 17.0 Å². The van der Waals surface area contributed by atoms with Crippen molar-refractivity contribution in [2.24, 2.45) is 0 Å². The average Bonchev–Trinajstić information content (AvgIpc) is 3.50. The number of aromatic nitrogens is 1. The first kappa shape index (κ1) is 22.7. The van der Waals surface area contributed by atoms with Crippen LogP contribution in [-0.4, -0.2) is 27.9 Å². The van der Waals surface area contributed by atoms with Gasteiger partial charge in [-0.25, -0.2) is 9.37 Å². The number of nitrogens with zero attached hydrogens (tertiary/aromatic N) is 2. The highest BCUT2D eigenvalue weighted by Gasteiger charge is 2.48. The number of carbonyl (C=O) groups excluding carboxylic acids is 2. The van der Waals surface area contributed by atoms with Crippen molar-refractivity contribution in [1.29, 1.82) is 0 Å². The number of Topliss-reactive ketones (excluding diaryl/α,β-unsaturated/α-hetero) is 1. The van der Waals surface area contributed by atoms with Crippen LogP contribution < -0.4 is 9.64 Å². The van der Waals surface area contributed by atoms with Crippen LogP contribution in [0.3, 0.4) is 0 Å². The molecule has 180 valence electrons. The second-order valence-corrected chi connectivity index (χ2v) is 10.2. The summed E-state index contributed by atoms with van der Waals surface area (Å²) in [6, 6.07) is 15.1. The summed E-state index contributed by atoms with van der Waals surface area (Å²) in [5, 5.41) is 12.0. The summed E-state index contributed by atoms with van der Waals surface area (Å²) in [7, 11) is 0. The Morgan fingerprint density at radius 3 is 2.81 bits per heavy atom. The Bertz CT molecular complexity index is 1610. The molecule has 0 spiro atoms. The number of carbonyl (C=O) groups is 2. The maximum Gasteiger partial charge on any atom is 0.301 e. The van der Waals surface area contributed by atoms with Crippen LogP contribution in [0.15, 0.2) is 66.2 Å². The van der Waals surface area contributed by atoms with Crippen molar-refractivity contribution in [1.82, 2.24) is 4.98 Å². The summed E-state index contributed by atoms with van der Waals surface area (Å²) in [4.78, 5) is 32.5. The Morgan fingerprint density at radius 1 is 1.17 bits per heavy atom. The van der Waals surface area contributed by atoms with Crippen molar-refractivity contribution in [3.8, 4) is 5.75 Å². The van der Waals surface area contributed by atoms with Gasteiger partial charge in [-0.2, -0.15) is 0 Å². The molecule has 0 radical (unpaired) electrons. The van der Waals surface area contributed by atoms with Crippen molar-refractivity contribution in [3.63, 3.8) is 0 Å². The Balaban J connectivity index is 1.54. The number of ether oxygens (including phenoxy) is 1. The van der Waals surface area contributed by atoms with E-state index >= 15 is 0 Å². The van der Waals surface area contributed by atoms with Gasteiger partial charge in [-0.1, -0.05) is 35.1 Å². The molecular weight excluding hydrogens is 503 g/mol. The molecule has 2 aliphatic rings. The molecule has 36 heavy (non-hydrogen) atoms. The molecule has 1 aromatic heterocycles. The van der Waals surface area contributed by atoms with Crippen LogP contribution in [0, 0.1) is 5.82 Å². The zero-order valence-corrected chi connectivity index (χ0v) is 20.4. The number of aliphatic hydroxyl groups excluding tert-OH is 1. The fourth-order valence-electron chi connectivity index (χ4n) is 4.74. The number of fused-ring (bicyclic) bond motifs is 2. The number of benzene rings is 3. The third kappa shape index (κ3) is 3.65. The van der Waals surface area contributed by atoms with E-state index in [1.54, 1.807) is 42.5 Å². The number of halogens is 2. The van der Waals surface area contributed by atoms with Crippen molar-refractivity contribution in [2.75, 3.05) is 4.90 Å². The molecule has 0 saturated carbocycles. The zero-order valence-electron chi connectivity index (χ0n) is 18.9. The van der Waals surface area contributed by atoms with E-state index in [4.69, 9.17) is 16.3 Å². The van der Waals surface area contributed by atoms with Crippen molar-refractivity contribution < 1.29 is 23.8 Å². The van der Waals surface area contributed by atoms with Gasteiger partial charge in [0.15, 0.2) is 5.13 Å². The minimum Gasteiger partial charge on any atom is -0.507 e. The second kappa shape index (κ2) is 8.43. The Morgan fingerprint density at radius 2 is 2.00 bits per heavy atom.